The molecule has 1 N–H and O–H groups in total. The summed E-state index contributed by atoms with van der Waals surface area (Å²) >= 11 is 6.39. The van der Waals surface area contributed by atoms with Gasteiger partial charge in [0.15, 0.2) is 11.5 Å². The molecule has 7 nitrogen and oxygen atoms in total. The highest BCUT2D eigenvalue weighted by Crippen LogP contribution is 2.68. The van der Waals surface area contributed by atoms with Crippen LogP contribution in [0.2, 0.25) is 0 Å². The molecule has 5 unspecified atom stereocenters. The summed E-state index contributed by atoms with van der Waals surface area (Å²) in [7, 11) is 1.64. The highest BCUT2D eigenvalue weighted by Gasteiger charge is 2.69. The van der Waals surface area contributed by atoms with E-state index in [0.717, 1.165) is 31.9 Å². The summed E-state index contributed by atoms with van der Waals surface area (Å²) in [6, 6.07) is 21.6. The number of halogens is 1. The Balaban J connectivity index is 1.15. The molecule has 0 radical (unpaired) electrons. The first-order chi connectivity index (χ1) is 21.3. The van der Waals surface area contributed by atoms with Crippen LogP contribution in [0.25, 0.3) is 0 Å². The van der Waals surface area contributed by atoms with Crippen molar-refractivity contribution in [1.82, 2.24) is 4.98 Å². The zero-order valence-electron chi connectivity index (χ0n) is 24.0. The molecule has 224 valence electrons. The second-order valence-electron chi connectivity index (χ2n) is 12.1. The van der Waals surface area contributed by atoms with E-state index in [9.17, 15) is 14.4 Å². The summed E-state index contributed by atoms with van der Waals surface area (Å²) in [5.41, 5.74) is 3.91. The molecule has 2 aliphatic carbocycles. The van der Waals surface area contributed by atoms with Gasteiger partial charge in [0.05, 0.1) is 29.7 Å². The topological polar surface area (TPSA) is 88.7 Å². The fraction of sp³-hybridized carbons (Fsp3) is 0.324. The number of anilines is 1. The fourth-order valence-electron chi connectivity index (χ4n) is 8.19. The number of thioether (sulfide) groups is 1. The van der Waals surface area contributed by atoms with Crippen LogP contribution in [0.15, 0.2) is 81.0 Å². The number of carbonyl (C=O) groups is 2. The number of H-pyrrole nitrogens is 1. The molecule has 3 heterocycles. The van der Waals surface area contributed by atoms with E-state index >= 15 is 0 Å². The van der Waals surface area contributed by atoms with Gasteiger partial charge in [0.2, 0.25) is 11.8 Å². The average molecular weight is 690 g/mol. The SMILES string of the molecule is COc1cc(C2c3sc(=O)[nH]c3SC3C2[C@H]2C[C@@H]3C3C(=O)N(c4ccc(Br)cc4)C(=O)C32)ccc1OCc1cccc(C)c1. The predicted octanol–water partition coefficient (Wildman–Crippen LogP) is 6.77. The number of nitrogens with zero attached hydrogens (tertiary/aromatic N) is 1. The van der Waals surface area contributed by atoms with Crippen LogP contribution >= 0.6 is 39.0 Å². The number of rotatable bonds is 6. The van der Waals surface area contributed by atoms with E-state index in [0.29, 0.717) is 23.8 Å². The summed E-state index contributed by atoms with van der Waals surface area (Å²) < 4.78 is 12.9. The van der Waals surface area contributed by atoms with Gasteiger partial charge >= 0.3 is 4.87 Å². The maximum atomic E-state index is 14.0. The molecule has 8 rings (SSSR count). The summed E-state index contributed by atoms with van der Waals surface area (Å²) in [5.74, 6) is 0.528. The standard InChI is InChI=1S/C34H29BrN2O5S2/c1-16-4-3-5-17(12-16)15-42-23-11-6-18(13-24(23)41-2)25-26-21-14-22(29(26)43-31-30(25)44-34(40)36-31)28-27(21)32(38)37(33(28)39)20-9-7-19(35)8-10-20/h3-13,21-22,25-29H,14-15H2,1-2H3,(H,36,40)/t21-,22-,25?,26?,27?,28?,29?/m1/s1. The second-order valence-corrected chi connectivity index (χ2v) is 15.3. The highest BCUT2D eigenvalue weighted by molar-refractivity contribution is 9.10. The number of imide groups is 1. The third kappa shape index (κ3) is 4.32. The minimum atomic E-state index is -0.350. The van der Waals surface area contributed by atoms with Crippen molar-refractivity contribution in [3.8, 4) is 11.5 Å². The number of ether oxygens (including phenoxy) is 2. The third-order valence-electron chi connectivity index (χ3n) is 9.83. The summed E-state index contributed by atoms with van der Waals surface area (Å²) in [6.07, 6.45) is 0.841. The van der Waals surface area contributed by atoms with Gasteiger partial charge in [0.1, 0.15) is 6.61 Å². The van der Waals surface area contributed by atoms with Gasteiger partial charge in [-0.2, -0.15) is 0 Å². The molecule has 2 aliphatic heterocycles. The van der Waals surface area contributed by atoms with Crippen molar-refractivity contribution in [2.24, 2.45) is 29.6 Å². The number of fused-ring (bicyclic) bond motifs is 9. The van der Waals surface area contributed by atoms with Crippen LogP contribution in [0.3, 0.4) is 0 Å². The Morgan fingerprint density at radius 3 is 2.48 bits per heavy atom. The van der Waals surface area contributed by atoms with Crippen molar-refractivity contribution in [3.05, 3.63) is 102 Å². The smallest absolute Gasteiger partial charge is 0.305 e. The molecule has 1 saturated heterocycles. The van der Waals surface area contributed by atoms with E-state index in [1.165, 1.54) is 21.8 Å². The van der Waals surface area contributed by atoms with Crippen molar-refractivity contribution < 1.29 is 19.1 Å². The number of amides is 2. The first-order valence-corrected chi connectivity index (χ1v) is 17.2. The lowest BCUT2D eigenvalue weighted by Gasteiger charge is -2.43. The number of methoxy groups -OCH3 is 1. The maximum Gasteiger partial charge on any atom is 0.305 e. The highest BCUT2D eigenvalue weighted by atomic mass is 79.9. The van der Waals surface area contributed by atoms with E-state index in [2.05, 4.69) is 46.0 Å². The number of hydrogen-bond acceptors (Lipinski definition) is 7. The lowest BCUT2D eigenvalue weighted by Crippen LogP contribution is -2.42. The number of carbonyl (C=O) groups excluding carboxylic acids is 2. The number of hydrogen-bond donors (Lipinski definition) is 1. The molecule has 10 heteroatoms. The fourth-order valence-corrected chi connectivity index (χ4v) is 11.3. The Kier molecular flexibility index (Phi) is 6.80. The second kappa shape index (κ2) is 10.6. The molecule has 1 aromatic heterocycles. The minimum absolute atomic E-state index is 0.0398. The molecular formula is C34H29BrN2O5S2. The molecule has 3 fully saturated rings. The third-order valence-corrected chi connectivity index (χ3v) is 12.9. The average Bonchev–Trinajstić information content (AvgIpc) is 3.75. The van der Waals surface area contributed by atoms with E-state index in [4.69, 9.17) is 9.47 Å². The van der Waals surface area contributed by atoms with Crippen LogP contribution < -0.4 is 19.2 Å². The first kappa shape index (κ1) is 28.2. The first-order valence-electron chi connectivity index (χ1n) is 14.7. The van der Waals surface area contributed by atoms with Crippen molar-refractivity contribution >= 4 is 56.5 Å². The van der Waals surface area contributed by atoms with Crippen LogP contribution in [0.1, 0.15) is 33.9 Å². The van der Waals surface area contributed by atoms with Crippen molar-refractivity contribution in [2.45, 2.75) is 36.1 Å². The molecule has 3 aromatic carbocycles. The van der Waals surface area contributed by atoms with Crippen LogP contribution in [0.5, 0.6) is 11.5 Å². The Morgan fingerprint density at radius 2 is 1.73 bits per heavy atom. The van der Waals surface area contributed by atoms with Crippen molar-refractivity contribution in [2.75, 3.05) is 12.0 Å². The molecule has 2 saturated carbocycles. The van der Waals surface area contributed by atoms with Gasteiger partial charge in [-0.15, -0.1) is 11.8 Å². The van der Waals surface area contributed by atoms with E-state index in [1.54, 1.807) is 18.9 Å². The number of benzene rings is 3. The Labute approximate surface area is 271 Å². The summed E-state index contributed by atoms with van der Waals surface area (Å²) in [5, 5.41) is 1.00. The van der Waals surface area contributed by atoms with Crippen molar-refractivity contribution in [1.29, 1.82) is 0 Å². The monoisotopic (exact) mass is 688 g/mol. The lowest BCUT2D eigenvalue weighted by atomic mass is 9.68. The van der Waals surface area contributed by atoms with Crippen LogP contribution in [0, 0.1) is 36.5 Å². The van der Waals surface area contributed by atoms with Gasteiger partial charge in [-0.3, -0.25) is 19.3 Å². The Bertz CT molecular complexity index is 1870. The minimum Gasteiger partial charge on any atom is -0.493 e. The Morgan fingerprint density at radius 1 is 0.955 bits per heavy atom. The van der Waals surface area contributed by atoms with Crippen LogP contribution in [-0.4, -0.2) is 29.2 Å². The maximum absolute atomic E-state index is 14.0. The Hall–Kier alpha value is -3.34. The quantitative estimate of drug-likeness (QED) is 0.225. The van der Waals surface area contributed by atoms with Gasteiger partial charge < -0.3 is 14.5 Å². The molecule has 2 bridgehead atoms. The lowest BCUT2D eigenvalue weighted by molar-refractivity contribution is -0.123. The van der Waals surface area contributed by atoms with Crippen LogP contribution in [0.4, 0.5) is 5.69 Å². The van der Waals surface area contributed by atoms with Gasteiger partial charge in [-0.25, -0.2) is 0 Å². The van der Waals surface area contributed by atoms with Gasteiger partial charge in [0, 0.05) is 20.5 Å². The molecule has 4 aliphatic rings. The van der Waals surface area contributed by atoms with Crippen molar-refractivity contribution in [3.63, 3.8) is 0 Å². The van der Waals surface area contributed by atoms with Gasteiger partial charge in [-0.1, -0.05) is 63.2 Å². The normalized spacial score (nSPS) is 28.2. The van der Waals surface area contributed by atoms with E-state index in [-0.39, 0.29) is 57.4 Å². The number of aryl methyl sites for hydroxylation is 1. The molecule has 0 spiro atoms. The number of aromatic nitrogens is 1. The number of nitrogens with one attached hydrogen (secondary N) is 1. The molecule has 4 aromatic rings. The number of thiazole rings is 1. The molecule has 7 atom stereocenters. The summed E-state index contributed by atoms with van der Waals surface area (Å²) in [4.78, 5) is 45.9. The molecular weight excluding hydrogens is 660 g/mol. The predicted molar refractivity (Wildman–Crippen MR) is 174 cm³/mol. The van der Waals surface area contributed by atoms with Gasteiger partial charge in [0.25, 0.3) is 0 Å². The zero-order chi connectivity index (χ0) is 30.3. The van der Waals surface area contributed by atoms with E-state index in [1.807, 2.05) is 48.5 Å². The molecule has 2 amide bonds. The zero-order valence-corrected chi connectivity index (χ0v) is 27.2. The van der Waals surface area contributed by atoms with Gasteiger partial charge in [-0.05, 0) is 78.6 Å². The van der Waals surface area contributed by atoms with E-state index < -0.39 is 0 Å². The summed E-state index contributed by atoms with van der Waals surface area (Å²) in [6.45, 7) is 2.48. The largest absolute Gasteiger partial charge is 0.493 e. The number of aromatic amines is 1. The van der Waals surface area contributed by atoms with Crippen LogP contribution in [-0.2, 0) is 16.2 Å². The molecule has 44 heavy (non-hydrogen) atoms.